The lowest BCUT2D eigenvalue weighted by atomic mass is 10.1. The van der Waals surface area contributed by atoms with Crippen LogP contribution < -0.4 is 5.32 Å². The highest BCUT2D eigenvalue weighted by atomic mass is 16.5. The number of amides is 1. The van der Waals surface area contributed by atoms with Crippen LogP contribution in [0.2, 0.25) is 0 Å². The molecule has 1 saturated heterocycles. The Morgan fingerprint density at radius 2 is 2.22 bits per heavy atom. The summed E-state index contributed by atoms with van der Waals surface area (Å²) in [4.78, 5) is 16.3. The molecule has 1 N–H and O–H groups in total. The summed E-state index contributed by atoms with van der Waals surface area (Å²) in [5.41, 5.74) is 1.56. The van der Waals surface area contributed by atoms with Gasteiger partial charge in [0, 0.05) is 18.2 Å². The smallest absolute Gasteiger partial charge is 0.253 e. The number of hydrogen-bond donors (Lipinski definition) is 1. The van der Waals surface area contributed by atoms with Gasteiger partial charge in [-0.05, 0) is 25.0 Å². The molecule has 1 aliphatic rings. The van der Waals surface area contributed by atoms with Gasteiger partial charge >= 0.3 is 0 Å². The number of para-hydroxylation sites is 1. The van der Waals surface area contributed by atoms with Crippen LogP contribution in [0.1, 0.15) is 12.8 Å². The van der Waals surface area contributed by atoms with Gasteiger partial charge in [-0.2, -0.15) is 0 Å². The van der Waals surface area contributed by atoms with Crippen LogP contribution in [0.3, 0.4) is 0 Å². The predicted molar refractivity (Wildman–Crippen MR) is 69.3 cm³/mol. The SMILES string of the molecule is O=C(Nc1cccc2cccnc12)[C@H]1CCCO1. The first-order valence-electron chi connectivity index (χ1n) is 6.11. The summed E-state index contributed by atoms with van der Waals surface area (Å²) in [6.07, 6.45) is 3.16. The van der Waals surface area contributed by atoms with E-state index >= 15 is 0 Å². The second kappa shape index (κ2) is 4.74. The maximum absolute atomic E-state index is 12.0. The lowest BCUT2D eigenvalue weighted by Crippen LogP contribution is -2.26. The van der Waals surface area contributed by atoms with Crippen molar-refractivity contribution in [3.8, 4) is 0 Å². The molecule has 4 nitrogen and oxygen atoms in total. The molecule has 0 unspecified atom stereocenters. The summed E-state index contributed by atoms with van der Waals surface area (Å²) >= 11 is 0. The number of carbonyl (C=O) groups excluding carboxylic acids is 1. The number of ether oxygens (including phenoxy) is 1. The minimum Gasteiger partial charge on any atom is -0.368 e. The van der Waals surface area contributed by atoms with Crippen LogP contribution in [-0.2, 0) is 9.53 Å². The number of carbonyl (C=O) groups is 1. The van der Waals surface area contributed by atoms with E-state index < -0.39 is 0 Å². The minimum absolute atomic E-state index is 0.0781. The highest BCUT2D eigenvalue weighted by Crippen LogP contribution is 2.22. The van der Waals surface area contributed by atoms with Crippen LogP contribution in [0.25, 0.3) is 10.9 Å². The van der Waals surface area contributed by atoms with Gasteiger partial charge in [0.05, 0.1) is 11.2 Å². The zero-order chi connectivity index (χ0) is 12.4. The monoisotopic (exact) mass is 242 g/mol. The first-order valence-corrected chi connectivity index (χ1v) is 6.11. The molecule has 1 atom stereocenters. The Labute approximate surface area is 105 Å². The Morgan fingerprint density at radius 1 is 1.33 bits per heavy atom. The van der Waals surface area contributed by atoms with E-state index in [1.165, 1.54) is 0 Å². The van der Waals surface area contributed by atoms with Gasteiger partial charge in [-0.25, -0.2) is 0 Å². The maximum atomic E-state index is 12.0. The third kappa shape index (κ3) is 2.07. The van der Waals surface area contributed by atoms with Gasteiger partial charge < -0.3 is 10.1 Å². The average Bonchev–Trinajstić information content (AvgIpc) is 2.93. The Balaban J connectivity index is 1.88. The Hall–Kier alpha value is -1.94. The first kappa shape index (κ1) is 11.2. The number of aromatic nitrogens is 1. The number of anilines is 1. The zero-order valence-electron chi connectivity index (χ0n) is 9.93. The van der Waals surface area contributed by atoms with E-state index in [-0.39, 0.29) is 12.0 Å². The molecule has 1 aromatic carbocycles. The molecule has 2 heterocycles. The Kier molecular flexibility index (Phi) is 2.94. The third-order valence-electron chi connectivity index (χ3n) is 3.11. The van der Waals surface area contributed by atoms with Crippen LogP contribution in [0.4, 0.5) is 5.69 Å². The van der Waals surface area contributed by atoms with Crippen LogP contribution in [-0.4, -0.2) is 23.6 Å². The van der Waals surface area contributed by atoms with Crippen molar-refractivity contribution >= 4 is 22.5 Å². The van der Waals surface area contributed by atoms with Crippen molar-refractivity contribution in [2.75, 3.05) is 11.9 Å². The molecule has 0 radical (unpaired) electrons. The standard InChI is InChI=1S/C14H14N2O2/c17-14(12-7-3-9-18-12)16-11-6-1-4-10-5-2-8-15-13(10)11/h1-2,4-6,8,12H,3,7,9H2,(H,16,17)/t12-/m1/s1. The van der Waals surface area contributed by atoms with Gasteiger partial charge in [0.1, 0.15) is 6.10 Å². The van der Waals surface area contributed by atoms with Crippen molar-refractivity contribution in [3.05, 3.63) is 36.5 Å². The largest absolute Gasteiger partial charge is 0.368 e. The Bertz CT molecular complexity index is 572. The quantitative estimate of drug-likeness (QED) is 0.879. The van der Waals surface area contributed by atoms with Crippen molar-refractivity contribution in [2.45, 2.75) is 18.9 Å². The highest BCUT2D eigenvalue weighted by Gasteiger charge is 2.23. The van der Waals surface area contributed by atoms with E-state index in [0.29, 0.717) is 6.61 Å². The van der Waals surface area contributed by atoms with Crippen LogP contribution in [0.5, 0.6) is 0 Å². The topological polar surface area (TPSA) is 51.2 Å². The molecule has 3 rings (SSSR count). The van der Waals surface area contributed by atoms with E-state index in [1.807, 2.05) is 30.3 Å². The number of pyridine rings is 1. The molecule has 2 aromatic rings. The van der Waals surface area contributed by atoms with E-state index in [0.717, 1.165) is 29.4 Å². The molecular formula is C14H14N2O2. The fraction of sp³-hybridized carbons (Fsp3) is 0.286. The number of fused-ring (bicyclic) bond motifs is 1. The normalized spacial score (nSPS) is 19.0. The van der Waals surface area contributed by atoms with Gasteiger partial charge in [0.2, 0.25) is 0 Å². The van der Waals surface area contributed by atoms with Crippen molar-refractivity contribution in [1.29, 1.82) is 0 Å². The molecule has 92 valence electrons. The van der Waals surface area contributed by atoms with Gasteiger partial charge in [0.25, 0.3) is 5.91 Å². The number of benzene rings is 1. The van der Waals surface area contributed by atoms with Crippen molar-refractivity contribution in [2.24, 2.45) is 0 Å². The van der Waals surface area contributed by atoms with Gasteiger partial charge in [-0.15, -0.1) is 0 Å². The number of nitrogens with one attached hydrogen (secondary N) is 1. The lowest BCUT2D eigenvalue weighted by molar-refractivity contribution is -0.124. The summed E-state index contributed by atoms with van der Waals surface area (Å²) in [7, 11) is 0. The second-order valence-electron chi connectivity index (χ2n) is 4.37. The van der Waals surface area contributed by atoms with E-state index in [4.69, 9.17) is 4.74 Å². The summed E-state index contributed by atoms with van der Waals surface area (Å²) in [5.74, 6) is -0.0781. The van der Waals surface area contributed by atoms with Crippen LogP contribution >= 0.6 is 0 Å². The lowest BCUT2D eigenvalue weighted by Gasteiger charge is -2.11. The molecule has 1 aliphatic heterocycles. The predicted octanol–water partition coefficient (Wildman–Crippen LogP) is 2.35. The number of hydrogen-bond acceptors (Lipinski definition) is 3. The van der Waals surface area contributed by atoms with Crippen molar-refractivity contribution < 1.29 is 9.53 Å². The fourth-order valence-corrected chi connectivity index (χ4v) is 2.20. The fourth-order valence-electron chi connectivity index (χ4n) is 2.20. The number of rotatable bonds is 2. The summed E-state index contributed by atoms with van der Waals surface area (Å²) in [5, 5.41) is 3.92. The van der Waals surface area contributed by atoms with E-state index in [1.54, 1.807) is 6.20 Å². The molecule has 18 heavy (non-hydrogen) atoms. The van der Waals surface area contributed by atoms with Gasteiger partial charge in [-0.1, -0.05) is 18.2 Å². The average molecular weight is 242 g/mol. The van der Waals surface area contributed by atoms with Crippen LogP contribution in [0, 0.1) is 0 Å². The summed E-state index contributed by atoms with van der Waals surface area (Å²) in [6, 6.07) is 9.61. The summed E-state index contributed by atoms with van der Waals surface area (Å²) < 4.78 is 5.37. The van der Waals surface area contributed by atoms with Crippen molar-refractivity contribution in [1.82, 2.24) is 4.98 Å². The molecule has 0 bridgehead atoms. The van der Waals surface area contributed by atoms with Crippen molar-refractivity contribution in [3.63, 3.8) is 0 Å². The molecule has 1 aromatic heterocycles. The molecule has 4 heteroatoms. The van der Waals surface area contributed by atoms with Gasteiger partial charge in [-0.3, -0.25) is 9.78 Å². The molecule has 1 amide bonds. The minimum atomic E-state index is -0.316. The molecule has 0 saturated carbocycles. The summed E-state index contributed by atoms with van der Waals surface area (Å²) in [6.45, 7) is 0.672. The van der Waals surface area contributed by atoms with E-state index in [9.17, 15) is 4.79 Å². The second-order valence-corrected chi connectivity index (χ2v) is 4.37. The third-order valence-corrected chi connectivity index (χ3v) is 3.11. The molecule has 1 fully saturated rings. The molecular weight excluding hydrogens is 228 g/mol. The van der Waals surface area contributed by atoms with Crippen LogP contribution in [0.15, 0.2) is 36.5 Å². The maximum Gasteiger partial charge on any atom is 0.253 e. The Morgan fingerprint density at radius 3 is 3.06 bits per heavy atom. The number of nitrogens with zero attached hydrogens (tertiary/aromatic N) is 1. The highest BCUT2D eigenvalue weighted by molar-refractivity contribution is 6.01. The molecule has 0 aliphatic carbocycles. The van der Waals surface area contributed by atoms with E-state index in [2.05, 4.69) is 10.3 Å². The first-order chi connectivity index (χ1) is 8.84. The van der Waals surface area contributed by atoms with Gasteiger partial charge in [0.15, 0.2) is 0 Å². The molecule has 0 spiro atoms. The zero-order valence-corrected chi connectivity index (χ0v) is 9.93.